The number of aromatic nitrogens is 1. The van der Waals surface area contributed by atoms with Gasteiger partial charge in [-0.1, -0.05) is 0 Å². The molecule has 0 aromatic carbocycles. The van der Waals surface area contributed by atoms with Crippen molar-refractivity contribution in [2.24, 2.45) is 0 Å². The highest BCUT2D eigenvalue weighted by Crippen LogP contribution is 2.19. The predicted molar refractivity (Wildman–Crippen MR) is 42.5 cm³/mol. The maximum Gasteiger partial charge on any atom is 0.166 e. The first-order chi connectivity index (χ1) is 5.25. The zero-order chi connectivity index (χ0) is 8.27. The molecule has 1 aromatic rings. The van der Waals surface area contributed by atoms with Gasteiger partial charge in [-0.3, -0.25) is 4.79 Å². The summed E-state index contributed by atoms with van der Waals surface area (Å²) < 4.78 is 4.95. The minimum atomic E-state index is -0.477. The quantitative estimate of drug-likeness (QED) is 0.690. The van der Waals surface area contributed by atoms with Crippen molar-refractivity contribution in [2.75, 3.05) is 7.11 Å². The van der Waals surface area contributed by atoms with Crippen molar-refractivity contribution in [3.05, 3.63) is 16.6 Å². The number of ketones is 1. The molecule has 0 fully saturated rings. The van der Waals surface area contributed by atoms with E-state index in [0.29, 0.717) is 0 Å². The van der Waals surface area contributed by atoms with Crippen LogP contribution in [0, 0.1) is 0 Å². The Morgan fingerprint density at radius 1 is 1.82 bits per heavy atom. The lowest BCUT2D eigenvalue weighted by Crippen LogP contribution is -2.10. The van der Waals surface area contributed by atoms with Crippen molar-refractivity contribution in [1.82, 2.24) is 4.98 Å². The first-order valence-corrected chi connectivity index (χ1v) is 4.06. The third kappa shape index (κ3) is 1.85. The molecule has 4 heteroatoms. The van der Waals surface area contributed by atoms with Gasteiger partial charge in [-0.2, -0.15) is 0 Å². The Morgan fingerprint density at radius 3 is 2.91 bits per heavy atom. The van der Waals surface area contributed by atoms with Gasteiger partial charge >= 0.3 is 0 Å². The monoisotopic (exact) mass is 171 g/mol. The van der Waals surface area contributed by atoms with Gasteiger partial charge in [-0.25, -0.2) is 4.98 Å². The number of carbonyl (C=O) groups is 1. The van der Waals surface area contributed by atoms with Crippen LogP contribution in [0.3, 0.4) is 0 Å². The largest absolute Gasteiger partial charge is 0.366 e. The second-order valence-electron chi connectivity index (χ2n) is 2.10. The summed E-state index contributed by atoms with van der Waals surface area (Å²) in [6, 6.07) is 0. The van der Waals surface area contributed by atoms with E-state index in [2.05, 4.69) is 4.98 Å². The Labute approximate surface area is 69.0 Å². The van der Waals surface area contributed by atoms with Crippen molar-refractivity contribution in [1.29, 1.82) is 0 Å². The van der Waals surface area contributed by atoms with Gasteiger partial charge in [-0.15, -0.1) is 11.3 Å². The zero-order valence-corrected chi connectivity index (χ0v) is 7.22. The smallest absolute Gasteiger partial charge is 0.166 e. The molecule has 1 aromatic heterocycles. The molecular weight excluding hydrogens is 162 g/mol. The van der Waals surface area contributed by atoms with E-state index in [4.69, 9.17) is 4.74 Å². The van der Waals surface area contributed by atoms with Crippen LogP contribution in [0.1, 0.15) is 18.0 Å². The molecule has 60 valence electrons. The fourth-order valence-corrected chi connectivity index (χ4v) is 1.57. The molecule has 11 heavy (non-hydrogen) atoms. The normalized spacial score (nSPS) is 12.9. The van der Waals surface area contributed by atoms with Crippen LogP contribution in [-0.4, -0.2) is 17.9 Å². The van der Waals surface area contributed by atoms with Gasteiger partial charge in [0.1, 0.15) is 5.01 Å². The number of thiazole rings is 1. The Hall–Kier alpha value is -0.740. The van der Waals surface area contributed by atoms with Gasteiger partial charge in [0.15, 0.2) is 11.9 Å². The minimum Gasteiger partial charge on any atom is -0.366 e. The SMILES string of the molecule is COC(C(C)=O)c1nccs1. The molecule has 0 bridgehead atoms. The molecule has 0 aliphatic heterocycles. The van der Waals surface area contributed by atoms with E-state index in [1.807, 2.05) is 5.38 Å². The summed E-state index contributed by atoms with van der Waals surface area (Å²) in [7, 11) is 1.51. The number of nitrogens with zero attached hydrogens (tertiary/aromatic N) is 1. The molecule has 1 atom stereocenters. The van der Waals surface area contributed by atoms with Gasteiger partial charge in [0.2, 0.25) is 0 Å². The maximum atomic E-state index is 10.9. The third-order valence-electron chi connectivity index (χ3n) is 1.28. The van der Waals surface area contributed by atoms with Gasteiger partial charge in [0.25, 0.3) is 0 Å². The molecule has 0 aliphatic rings. The molecule has 0 saturated heterocycles. The summed E-state index contributed by atoms with van der Waals surface area (Å²) in [6.45, 7) is 1.50. The highest BCUT2D eigenvalue weighted by atomic mass is 32.1. The van der Waals surface area contributed by atoms with Gasteiger partial charge in [0, 0.05) is 18.7 Å². The van der Waals surface area contributed by atoms with Crippen LogP contribution in [0.2, 0.25) is 0 Å². The van der Waals surface area contributed by atoms with Gasteiger partial charge in [0.05, 0.1) is 0 Å². The summed E-state index contributed by atoms with van der Waals surface area (Å²) >= 11 is 1.43. The standard InChI is InChI=1S/C7H9NO2S/c1-5(9)6(10-2)7-8-3-4-11-7/h3-4,6H,1-2H3. The van der Waals surface area contributed by atoms with Crippen LogP contribution in [-0.2, 0) is 9.53 Å². The molecule has 0 amide bonds. The predicted octanol–water partition coefficient (Wildman–Crippen LogP) is 1.42. The molecule has 0 aliphatic carbocycles. The van der Waals surface area contributed by atoms with E-state index in [1.165, 1.54) is 25.4 Å². The molecule has 3 nitrogen and oxygen atoms in total. The Kier molecular flexibility index (Phi) is 2.73. The lowest BCUT2D eigenvalue weighted by atomic mass is 10.3. The average molecular weight is 171 g/mol. The summed E-state index contributed by atoms with van der Waals surface area (Å²) in [4.78, 5) is 14.9. The van der Waals surface area contributed by atoms with Crippen molar-refractivity contribution in [3.63, 3.8) is 0 Å². The summed E-state index contributed by atoms with van der Waals surface area (Å²) in [5.41, 5.74) is 0. The molecule has 0 saturated carbocycles. The third-order valence-corrected chi connectivity index (χ3v) is 2.10. The van der Waals surface area contributed by atoms with Crippen LogP contribution in [0.5, 0.6) is 0 Å². The molecule has 1 rings (SSSR count). The minimum absolute atomic E-state index is 0.0116. The number of Topliss-reactive ketones (excluding diaryl/α,β-unsaturated/α-hetero) is 1. The summed E-state index contributed by atoms with van der Waals surface area (Å²) in [5, 5.41) is 2.55. The molecule has 1 heterocycles. The second-order valence-corrected chi connectivity index (χ2v) is 3.02. The number of ether oxygens (including phenoxy) is 1. The molecule has 0 N–H and O–H groups in total. The topological polar surface area (TPSA) is 39.2 Å². The molecule has 0 spiro atoms. The molecular formula is C7H9NO2S. The van der Waals surface area contributed by atoms with E-state index < -0.39 is 6.10 Å². The van der Waals surface area contributed by atoms with Crippen molar-refractivity contribution in [2.45, 2.75) is 13.0 Å². The first kappa shape index (κ1) is 8.36. The lowest BCUT2D eigenvalue weighted by Gasteiger charge is -2.06. The number of carbonyl (C=O) groups excluding carboxylic acids is 1. The van der Waals surface area contributed by atoms with E-state index in [0.717, 1.165) is 5.01 Å². The highest BCUT2D eigenvalue weighted by Gasteiger charge is 2.17. The van der Waals surface area contributed by atoms with E-state index in [9.17, 15) is 4.79 Å². The van der Waals surface area contributed by atoms with E-state index in [-0.39, 0.29) is 5.78 Å². The van der Waals surface area contributed by atoms with Crippen LogP contribution >= 0.6 is 11.3 Å². The van der Waals surface area contributed by atoms with Gasteiger partial charge in [-0.05, 0) is 6.92 Å². The van der Waals surface area contributed by atoms with Crippen molar-refractivity contribution in [3.8, 4) is 0 Å². The maximum absolute atomic E-state index is 10.9. The Bertz CT molecular complexity index is 233. The fourth-order valence-electron chi connectivity index (χ4n) is 0.805. The average Bonchev–Trinajstić information content (AvgIpc) is 2.40. The molecule has 0 radical (unpaired) electrons. The first-order valence-electron chi connectivity index (χ1n) is 3.18. The van der Waals surface area contributed by atoms with Crippen LogP contribution in [0.4, 0.5) is 0 Å². The zero-order valence-electron chi connectivity index (χ0n) is 6.40. The lowest BCUT2D eigenvalue weighted by molar-refractivity contribution is -0.126. The van der Waals surface area contributed by atoms with Crippen LogP contribution in [0.25, 0.3) is 0 Å². The van der Waals surface area contributed by atoms with Crippen LogP contribution in [0.15, 0.2) is 11.6 Å². The van der Waals surface area contributed by atoms with Gasteiger partial charge < -0.3 is 4.74 Å². The van der Waals surface area contributed by atoms with E-state index >= 15 is 0 Å². The van der Waals surface area contributed by atoms with E-state index in [1.54, 1.807) is 6.20 Å². The highest BCUT2D eigenvalue weighted by molar-refractivity contribution is 7.09. The van der Waals surface area contributed by atoms with Crippen molar-refractivity contribution < 1.29 is 9.53 Å². The Morgan fingerprint density at radius 2 is 2.55 bits per heavy atom. The second kappa shape index (κ2) is 3.59. The number of rotatable bonds is 3. The molecule has 1 unspecified atom stereocenters. The number of hydrogen-bond donors (Lipinski definition) is 0. The summed E-state index contributed by atoms with van der Waals surface area (Å²) in [5.74, 6) is -0.0116. The fraction of sp³-hybridized carbons (Fsp3) is 0.429. The summed E-state index contributed by atoms with van der Waals surface area (Å²) in [6.07, 6.45) is 1.18. The van der Waals surface area contributed by atoms with Crippen LogP contribution < -0.4 is 0 Å². The Balaban J connectivity index is 2.79. The van der Waals surface area contributed by atoms with Crippen molar-refractivity contribution >= 4 is 17.1 Å². The number of hydrogen-bond acceptors (Lipinski definition) is 4. The number of methoxy groups -OCH3 is 1.